The van der Waals surface area contributed by atoms with Gasteiger partial charge < -0.3 is 5.11 Å². The van der Waals surface area contributed by atoms with E-state index >= 15 is 0 Å². The van der Waals surface area contributed by atoms with Gasteiger partial charge in [0.1, 0.15) is 0 Å². The van der Waals surface area contributed by atoms with Crippen LogP contribution in [-0.4, -0.2) is 11.7 Å². The van der Waals surface area contributed by atoms with Crippen LogP contribution in [0.1, 0.15) is 6.92 Å². The van der Waals surface area contributed by atoms with Gasteiger partial charge in [0, 0.05) is 12.8 Å². The highest BCUT2D eigenvalue weighted by atomic mass is 16.2. The second-order valence-electron chi connectivity index (χ2n) is 0.316. The number of aliphatic hydroxyl groups is 1. The van der Waals surface area contributed by atoms with Crippen molar-refractivity contribution in [3.05, 3.63) is 0 Å². The standard InChI is InChI=1S/C2H6O.N/c1-2-3;/h3H,2H2,1H3;. The van der Waals surface area contributed by atoms with E-state index in [1.54, 1.807) is 6.92 Å². The first-order valence-electron chi connectivity index (χ1n) is 1.02. The molecule has 0 heterocycles. The lowest BCUT2D eigenvalue weighted by Crippen LogP contribution is -1.57. The van der Waals surface area contributed by atoms with Crippen molar-refractivity contribution >= 4 is 0 Å². The van der Waals surface area contributed by atoms with E-state index < -0.39 is 0 Å². The molecule has 0 spiro atoms. The fourth-order valence-corrected chi connectivity index (χ4v) is 0. The SMILES string of the molecule is CCO.[N]. The number of aliphatic hydroxyl groups excluding tert-OH is 1. The minimum atomic E-state index is 0. The van der Waals surface area contributed by atoms with Gasteiger partial charge in [0.25, 0.3) is 0 Å². The highest BCUT2D eigenvalue weighted by Crippen LogP contribution is 1.30. The summed E-state index contributed by atoms with van der Waals surface area (Å²) in [6, 6.07) is 0. The van der Waals surface area contributed by atoms with Crippen molar-refractivity contribution < 1.29 is 5.11 Å². The van der Waals surface area contributed by atoms with Crippen LogP contribution in [0.25, 0.3) is 0 Å². The lowest BCUT2D eigenvalue weighted by molar-refractivity contribution is 0.318. The Morgan fingerprint density at radius 2 is 1.75 bits per heavy atom. The molecule has 0 bridgehead atoms. The van der Waals surface area contributed by atoms with Crippen molar-refractivity contribution in [2.75, 3.05) is 6.61 Å². The van der Waals surface area contributed by atoms with Gasteiger partial charge in [-0.25, -0.2) is 0 Å². The van der Waals surface area contributed by atoms with E-state index in [-0.39, 0.29) is 12.8 Å². The Balaban J connectivity index is 0. The molecule has 0 rings (SSSR count). The van der Waals surface area contributed by atoms with Crippen molar-refractivity contribution in [1.29, 1.82) is 0 Å². The number of hydrogen-bond donors (Lipinski definition) is 1. The number of rotatable bonds is 0. The summed E-state index contributed by atoms with van der Waals surface area (Å²) < 4.78 is 0. The molecule has 1 N–H and O–H groups in total. The highest BCUT2D eigenvalue weighted by Gasteiger charge is 1.34. The largest absolute Gasteiger partial charge is 0.397 e. The van der Waals surface area contributed by atoms with E-state index in [1.165, 1.54) is 0 Å². The molecule has 3 radical (unpaired) electrons. The third kappa shape index (κ3) is 254. The van der Waals surface area contributed by atoms with Crippen molar-refractivity contribution in [2.24, 2.45) is 0 Å². The van der Waals surface area contributed by atoms with Gasteiger partial charge in [-0.3, -0.25) is 0 Å². The van der Waals surface area contributed by atoms with Gasteiger partial charge >= 0.3 is 0 Å². The monoisotopic (exact) mass is 60.0 g/mol. The molecule has 0 amide bonds. The van der Waals surface area contributed by atoms with E-state index in [1.807, 2.05) is 0 Å². The zero-order chi connectivity index (χ0) is 2.71. The quantitative estimate of drug-likeness (QED) is 0.403. The predicted molar refractivity (Wildman–Crippen MR) is 14.9 cm³/mol. The molecule has 2 heteroatoms. The van der Waals surface area contributed by atoms with Crippen molar-refractivity contribution in [3.63, 3.8) is 0 Å². The molecular weight excluding hydrogens is 54.0 g/mol. The molecule has 0 aromatic rings. The van der Waals surface area contributed by atoms with Crippen LogP contribution in [0.15, 0.2) is 0 Å². The van der Waals surface area contributed by atoms with Gasteiger partial charge in [0.05, 0.1) is 0 Å². The van der Waals surface area contributed by atoms with E-state index in [0.717, 1.165) is 0 Å². The molecule has 0 aliphatic heterocycles. The van der Waals surface area contributed by atoms with Crippen LogP contribution >= 0.6 is 0 Å². The molecule has 0 aliphatic rings. The fourth-order valence-electron chi connectivity index (χ4n) is 0. The van der Waals surface area contributed by atoms with Crippen LogP contribution in [0, 0.1) is 0 Å². The summed E-state index contributed by atoms with van der Waals surface area (Å²) in [6.07, 6.45) is 0. The van der Waals surface area contributed by atoms with E-state index in [4.69, 9.17) is 5.11 Å². The Hall–Kier alpha value is -0.0800. The Labute approximate surface area is 26.0 Å². The maximum atomic E-state index is 7.57. The van der Waals surface area contributed by atoms with Crippen molar-refractivity contribution in [3.8, 4) is 0 Å². The molecule has 0 aliphatic carbocycles. The summed E-state index contributed by atoms with van der Waals surface area (Å²) in [4.78, 5) is 0. The molecule has 0 fully saturated rings. The van der Waals surface area contributed by atoms with Gasteiger partial charge in [0.15, 0.2) is 0 Å². The van der Waals surface area contributed by atoms with Gasteiger partial charge in [-0.05, 0) is 6.92 Å². The van der Waals surface area contributed by atoms with Crippen LogP contribution in [0.3, 0.4) is 0 Å². The fraction of sp³-hybridized carbons (Fsp3) is 1.00. The summed E-state index contributed by atoms with van der Waals surface area (Å²) in [5.41, 5.74) is 0. The summed E-state index contributed by atoms with van der Waals surface area (Å²) in [5.74, 6) is 0. The predicted octanol–water partition coefficient (Wildman–Crippen LogP) is -0.482. The van der Waals surface area contributed by atoms with Crippen LogP contribution in [0.2, 0.25) is 0 Å². The summed E-state index contributed by atoms with van der Waals surface area (Å²) in [5, 5.41) is 7.57. The lowest BCUT2D eigenvalue weighted by Gasteiger charge is -1.52. The molecule has 0 saturated carbocycles. The minimum absolute atomic E-state index is 0. The topological polar surface area (TPSA) is 50.7 Å². The second-order valence-corrected chi connectivity index (χ2v) is 0.316. The Morgan fingerprint density at radius 3 is 1.75 bits per heavy atom. The molecular formula is C2H6NO. The number of hydrogen-bond acceptors (Lipinski definition) is 1. The first-order valence-corrected chi connectivity index (χ1v) is 1.02. The first-order chi connectivity index (χ1) is 1.41. The third-order valence-corrected chi connectivity index (χ3v) is 0. The first kappa shape index (κ1) is 9.07. The average molecular weight is 60.1 g/mol. The van der Waals surface area contributed by atoms with Gasteiger partial charge in [-0.1, -0.05) is 0 Å². The molecule has 4 heavy (non-hydrogen) atoms. The van der Waals surface area contributed by atoms with E-state index in [9.17, 15) is 0 Å². The molecule has 0 aromatic carbocycles. The van der Waals surface area contributed by atoms with Crippen molar-refractivity contribution in [2.45, 2.75) is 6.92 Å². The maximum Gasteiger partial charge on any atom is 0.0402 e. The zero-order valence-electron chi connectivity index (χ0n) is 2.60. The second kappa shape index (κ2) is 12.7. The zero-order valence-corrected chi connectivity index (χ0v) is 2.60. The van der Waals surface area contributed by atoms with Crippen LogP contribution in [-0.2, 0) is 0 Å². The third-order valence-electron chi connectivity index (χ3n) is 0. The van der Waals surface area contributed by atoms with E-state index in [0.29, 0.717) is 0 Å². The lowest BCUT2D eigenvalue weighted by atomic mass is 10.9. The smallest absolute Gasteiger partial charge is 0.0402 e. The molecule has 0 atom stereocenters. The minimum Gasteiger partial charge on any atom is -0.397 e. The summed E-state index contributed by atoms with van der Waals surface area (Å²) in [6.45, 7) is 1.93. The molecule has 0 aromatic heterocycles. The van der Waals surface area contributed by atoms with Gasteiger partial charge in [0.2, 0.25) is 0 Å². The van der Waals surface area contributed by atoms with E-state index in [2.05, 4.69) is 0 Å². The molecule has 0 unspecified atom stereocenters. The maximum absolute atomic E-state index is 7.57. The van der Waals surface area contributed by atoms with Crippen LogP contribution in [0.5, 0.6) is 0 Å². The molecule has 25 valence electrons. The van der Waals surface area contributed by atoms with Gasteiger partial charge in [-0.15, -0.1) is 0 Å². The Bertz CT molecular complexity index is 6.00. The summed E-state index contributed by atoms with van der Waals surface area (Å²) >= 11 is 0. The van der Waals surface area contributed by atoms with Crippen LogP contribution < -0.4 is 6.15 Å². The van der Waals surface area contributed by atoms with Crippen LogP contribution in [0.4, 0.5) is 0 Å². The Morgan fingerprint density at radius 1 is 1.75 bits per heavy atom. The number of nitrogens with zero attached hydrogens (tertiary/aromatic N) is 1. The normalized spacial score (nSPS) is 4.50. The van der Waals surface area contributed by atoms with Gasteiger partial charge in [-0.2, -0.15) is 0 Å². The molecule has 2 nitrogen and oxygen atoms in total. The summed E-state index contributed by atoms with van der Waals surface area (Å²) in [7, 11) is 0. The Kier molecular flexibility index (Phi) is 28.8. The highest BCUT2D eigenvalue weighted by molar-refractivity contribution is 3.84. The average Bonchev–Trinajstić information content (AvgIpc) is 0.918. The molecule has 0 saturated heterocycles. The van der Waals surface area contributed by atoms with Crippen molar-refractivity contribution in [1.82, 2.24) is 6.15 Å².